The zero-order chi connectivity index (χ0) is 20.7. The van der Waals surface area contributed by atoms with E-state index in [-0.39, 0.29) is 31.6 Å². The van der Waals surface area contributed by atoms with E-state index in [0.29, 0.717) is 0 Å². The highest BCUT2D eigenvalue weighted by Gasteiger charge is 2.47. The first-order chi connectivity index (χ1) is 14.4. The minimum absolute atomic E-state index is 0.0791. The normalized spacial score (nSPS) is 22.6. The van der Waals surface area contributed by atoms with E-state index in [2.05, 4.69) is 103 Å². The third kappa shape index (κ3) is 2.19. The molecule has 1 atom stereocenters. The Morgan fingerprint density at radius 1 is 0.700 bits per heavy atom. The lowest BCUT2D eigenvalue weighted by Gasteiger charge is -2.33. The van der Waals surface area contributed by atoms with Gasteiger partial charge in [-0.3, -0.25) is 0 Å². The van der Waals surface area contributed by atoms with E-state index < -0.39 is 0 Å². The van der Waals surface area contributed by atoms with Crippen LogP contribution in [-0.2, 0) is 10.8 Å². The van der Waals surface area contributed by atoms with E-state index in [1.165, 1.54) is 50.1 Å². The molecule has 0 fully saturated rings. The first-order valence-corrected chi connectivity index (χ1v) is 13.1. The largest absolute Gasteiger partial charge is 0.0930 e. The molecule has 0 saturated carbocycles. The summed E-state index contributed by atoms with van der Waals surface area (Å²) in [6.07, 6.45) is 0. The highest BCUT2D eigenvalue weighted by atomic mass is 127. The molecule has 0 amide bonds. The summed E-state index contributed by atoms with van der Waals surface area (Å²) in [5, 5.41) is 0. The van der Waals surface area contributed by atoms with Crippen LogP contribution in [0, 0.1) is 6.92 Å². The summed E-state index contributed by atoms with van der Waals surface area (Å²) in [5.41, 5.74) is 14.5. The van der Waals surface area contributed by atoms with Gasteiger partial charge in [0.2, 0.25) is 0 Å². The van der Waals surface area contributed by atoms with Gasteiger partial charge in [-0.05, 0) is 72.0 Å². The summed E-state index contributed by atoms with van der Waals surface area (Å²) in [4.78, 5) is 0. The molecule has 0 radical (unpaired) electrons. The van der Waals surface area contributed by atoms with Crippen LogP contribution in [0.15, 0.2) is 82.0 Å². The minimum Gasteiger partial charge on any atom is -0.0930 e. The maximum absolute atomic E-state index is 2.60. The van der Waals surface area contributed by atoms with Gasteiger partial charge in [0.05, 0.1) is 0 Å². The van der Waals surface area contributed by atoms with E-state index in [9.17, 15) is 0 Å². The predicted octanol–water partition coefficient (Wildman–Crippen LogP) is 7.70. The average molecular weight is 500 g/mol. The molecule has 1 aliphatic heterocycles. The number of hydrogen-bond acceptors (Lipinski definition) is 0. The number of fused-ring (bicyclic) bond motifs is 6. The van der Waals surface area contributed by atoms with Gasteiger partial charge in [-0.15, -0.1) is 0 Å². The van der Waals surface area contributed by atoms with Crippen molar-refractivity contribution in [3.05, 3.63) is 110 Å². The fourth-order valence-corrected chi connectivity index (χ4v) is 8.73. The standard InChI is InChI=1S/C29H25I/c1-18-13-14-24-21(15-18)19-9-5-8-12-23(19)29(24,4)26-17-30-16-25-27(26)20-10-6-7-11-22(20)28(25,2)3/h5-17H,1-4H3. The Morgan fingerprint density at radius 3 is 2.17 bits per heavy atom. The molecule has 3 aromatic carbocycles. The monoisotopic (exact) mass is 500 g/mol. The third-order valence-corrected chi connectivity index (χ3v) is 9.40. The van der Waals surface area contributed by atoms with Crippen molar-refractivity contribution in [3.8, 4) is 11.1 Å². The lowest BCUT2D eigenvalue weighted by molar-refractivity contribution is 0.660. The van der Waals surface area contributed by atoms with Crippen LogP contribution in [0.25, 0.3) is 16.7 Å². The van der Waals surface area contributed by atoms with E-state index in [4.69, 9.17) is 0 Å². The molecule has 0 nitrogen and oxygen atoms in total. The van der Waals surface area contributed by atoms with Crippen molar-refractivity contribution in [1.82, 2.24) is 0 Å². The molecular weight excluding hydrogens is 475 g/mol. The van der Waals surface area contributed by atoms with Crippen molar-refractivity contribution >= 4 is 30.3 Å². The zero-order valence-corrected chi connectivity index (χ0v) is 20.0. The molecule has 0 bridgehead atoms. The van der Waals surface area contributed by atoms with Crippen LogP contribution in [-0.4, -0.2) is 4.01 Å². The van der Waals surface area contributed by atoms with Crippen LogP contribution in [0.4, 0.5) is 0 Å². The lowest BCUT2D eigenvalue weighted by Crippen LogP contribution is -2.27. The predicted molar refractivity (Wildman–Crippen MR) is 138 cm³/mol. The van der Waals surface area contributed by atoms with E-state index >= 15 is 0 Å². The van der Waals surface area contributed by atoms with Crippen molar-refractivity contribution in [1.29, 1.82) is 0 Å². The lowest BCUT2D eigenvalue weighted by atomic mass is 9.71. The molecule has 1 unspecified atom stereocenters. The summed E-state index contributed by atoms with van der Waals surface area (Å²) in [7, 11) is 0. The number of aryl methyl sites for hydroxylation is 1. The Bertz CT molecular complexity index is 1330. The molecule has 3 aliphatic rings. The number of benzene rings is 3. The van der Waals surface area contributed by atoms with Crippen molar-refractivity contribution < 1.29 is 0 Å². The molecule has 30 heavy (non-hydrogen) atoms. The van der Waals surface area contributed by atoms with Crippen LogP contribution in [0.1, 0.15) is 48.6 Å². The quantitative estimate of drug-likeness (QED) is 0.301. The molecule has 148 valence electrons. The molecule has 0 aromatic heterocycles. The highest BCUT2D eigenvalue weighted by Crippen LogP contribution is 2.59. The van der Waals surface area contributed by atoms with E-state index in [1.807, 2.05) is 0 Å². The first-order valence-electron chi connectivity index (χ1n) is 10.7. The van der Waals surface area contributed by atoms with Gasteiger partial charge in [0.15, 0.2) is 0 Å². The van der Waals surface area contributed by atoms with Crippen LogP contribution in [0.5, 0.6) is 0 Å². The van der Waals surface area contributed by atoms with Crippen molar-refractivity contribution in [3.63, 3.8) is 0 Å². The van der Waals surface area contributed by atoms with Gasteiger partial charge in [0.25, 0.3) is 0 Å². The summed E-state index contributed by atoms with van der Waals surface area (Å²) in [5.74, 6) is 0. The molecule has 6 rings (SSSR count). The Labute approximate surface area is 189 Å². The maximum atomic E-state index is 2.60. The zero-order valence-electron chi connectivity index (χ0n) is 17.9. The second-order valence-electron chi connectivity index (χ2n) is 9.44. The summed E-state index contributed by atoms with van der Waals surface area (Å²) in [6, 6.07) is 25.2. The smallest absolute Gasteiger partial charge is 0.0446 e. The molecule has 0 N–H and O–H groups in total. The second-order valence-corrected chi connectivity index (χ2v) is 11.4. The Balaban J connectivity index is 1.74. The number of hydrogen-bond donors (Lipinski definition) is 0. The van der Waals surface area contributed by atoms with Gasteiger partial charge in [-0.2, -0.15) is 0 Å². The average Bonchev–Trinajstić information content (AvgIpc) is 3.16. The topological polar surface area (TPSA) is 0 Å². The highest BCUT2D eigenvalue weighted by molar-refractivity contribution is 14.2. The SMILES string of the molecule is Cc1ccc2c(c1)-c1ccccc1C2(C)C1=C2C(=CI=C1)C(C)(C)c1ccccc12. The fraction of sp³-hybridized carbons (Fsp3) is 0.207. The molecular formula is C29H25I. The van der Waals surface area contributed by atoms with Crippen molar-refractivity contribution in [2.45, 2.75) is 38.5 Å². The molecule has 3 aromatic rings. The second kappa shape index (κ2) is 6.13. The Kier molecular flexibility index (Phi) is 3.78. The number of halogens is 1. The van der Waals surface area contributed by atoms with Crippen molar-refractivity contribution in [2.24, 2.45) is 0 Å². The molecule has 0 spiro atoms. The summed E-state index contributed by atoms with van der Waals surface area (Å²) in [6.45, 7) is 9.47. The molecule has 2 aliphatic carbocycles. The molecule has 1 heteroatoms. The van der Waals surface area contributed by atoms with Crippen LogP contribution >= 0.6 is 20.7 Å². The Hall–Kier alpha value is -2.26. The fourth-order valence-electron chi connectivity index (χ4n) is 5.81. The van der Waals surface area contributed by atoms with Gasteiger partial charge in [0.1, 0.15) is 0 Å². The Morgan fingerprint density at radius 2 is 1.37 bits per heavy atom. The van der Waals surface area contributed by atoms with E-state index in [1.54, 1.807) is 5.57 Å². The number of allylic oxidation sites excluding steroid dienone is 3. The molecule has 0 saturated heterocycles. The van der Waals surface area contributed by atoms with Crippen LogP contribution < -0.4 is 0 Å². The van der Waals surface area contributed by atoms with Crippen molar-refractivity contribution in [2.75, 3.05) is 0 Å². The number of rotatable bonds is 1. The van der Waals surface area contributed by atoms with Gasteiger partial charge in [0, 0.05) is 10.8 Å². The van der Waals surface area contributed by atoms with Gasteiger partial charge in [-0.25, -0.2) is 0 Å². The first kappa shape index (κ1) is 18.5. The van der Waals surface area contributed by atoms with Crippen LogP contribution in [0.3, 0.4) is 0 Å². The maximum Gasteiger partial charge on any atom is 0.0446 e. The van der Waals surface area contributed by atoms with Gasteiger partial charge in [-0.1, -0.05) is 107 Å². The van der Waals surface area contributed by atoms with E-state index in [0.717, 1.165) is 0 Å². The minimum atomic E-state index is -0.109. The molecule has 1 heterocycles. The third-order valence-electron chi connectivity index (χ3n) is 7.43. The van der Waals surface area contributed by atoms with Gasteiger partial charge >= 0.3 is 0 Å². The van der Waals surface area contributed by atoms with Gasteiger partial charge < -0.3 is 0 Å². The summed E-state index contributed by atoms with van der Waals surface area (Å²) < 4.78 is 5.17. The summed E-state index contributed by atoms with van der Waals surface area (Å²) >= 11 is -0.105. The van der Waals surface area contributed by atoms with Crippen LogP contribution in [0.2, 0.25) is 0 Å².